The number of aliphatic carboxylic acids is 1. The number of carboxylic acid groups (broad SMARTS) is 1. The van der Waals surface area contributed by atoms with Crippen molar-refractivity contribution >= 4 is 98.8 Å². The summed E-state index contributed by atoms with van der Waals surface area (Å²) in [5, 5.41) is 14.3. The number of hydrogen-bond donors (Lipinski definition) is 3. The van der Waals surface area contributed by atoms with Gasteiger partial charge in [0.05, 0.1) is 21.9 Å². The molecule has 0 saturated heterocycles. The molecule has 4 unspecified atom stereocenters. The van der Waals surface area contributed by atoms with E-state index in [-0.39, 0.29) is 21.7 Å². The van der Waals surface area contributed by atoms with Crippen molar-refractivity contribution in [2.24, 2.45) is 11.8 Å². The Hall–Kier alpha value is -0.890. The van der Waals surface area contributed by atoms with Gasteiger partial charge in [-0.15, -0.1) is 23.2 Å². The van der Waals surface area contributed by atoms with E-state index < -0.39 is 37.8 Å². The topological polar surface area (TPSA) is 95.5 Å². The number of halogens is 6. The van der Waals surface area contributed by atoms with Crippen molar-refractivity contribution in [1.29, 1.82) is 0 Å². The number of anilines is 2. The Morgan fingerprint density at radius 1 is 0.931 bits per heavy atom. The number of fused-ring (bicyclic) bond motifs is 2. The first-order valence-electron chi connectivity index (χ1n) is 8.03. The second-order valence-corrected chi connectivity index (χ2v) is 9.95. The number of nitrogens with one attached hydrogen (secondary N) is 2. The van der Waals surface area contributed by atoms with Crippen LogP contribution in [0.25, 0.3) is 0 Å². The number of carboxylic acids is 1. The van der Waals surface area contributed by atoms with E-state index >= 15 is 0 Å². The van der Waals surface area contributed by atoms with Gasteiger partial charge in [0.15, 0.2) is 4.33 Å². The van der Waals surface area contributed by atoms with Crippen LogP contribution in [-0.2, 0) is 14.4 Å². The Balaban J connectivity index is 2.03. The van der Waals surface area contributed by atoms with E-state index in [0.29, 0.717) is 5.69 Å². The Kier molecular flexibility index (Phi) is 5.78. The summed E-state index contributed by atoms with van der Waals surface area (Å²) in [5.41, 5.74) is 0.676. The van der Waals surface area contributed by atoms with Gasteiger partial charge < -0.3 is 15.7 Å². The lowest BCUT2D eigenvalue weighted by molar-refractivity contribution is -0.146. The molecule has 0 aromatic heterocycles. The first-order valence-corrected chi connectivity index (χ1v) is 10.3. The normalized spacial score (nSPS) is 32.2. The van der Waals surface area contributed by atoms with Gasteiger partial charge in [-0.3, -0.25) is 14.4 Å². The summed E-state index contributed by atoms with van der Waals surface area (Å²) in [5.74, 6) is -5.82. The lowest BCUT2D eigenvalue weighted by Gasteiger charge is -2.33. The first-order chi connectivity index (χ1) is 13.3. The van der Waals surface area contributed by atoms with Crippen LogP contribution < -0.4 is 10.6 Å². The minimum absolute atomic E-state index is 0.262. The van der Waals surface area contributed by atoms with E-state index in [1.165, 1.54) is 19.1 Å². The highest BCUT2D eigenvalue weighted by atomic mass is 35.5. The highest BCUT2D eigenvalue weighted by Gasteiger charge is 2.85. The fraction of sp³-hybridized carbons (Fsp3) is 0.353. The molecule has 2 amide bonds. The van der Waals surface area contributed by atoms with Gasteiger partial charge in [0.25, 0.3) is 0 Å². The van der Waals surface area contributed by atoms with E-state index in [0.717, 1.165) is 0 Å². The Morgan fingerprint density at radius 2 is 1.41 bits per heavy atom. The highest BCUT2D eigenvalue weighted by Crippen LogP contribution is 2.76. The fourth-order valence-electron chi connectivity index (χ4n) is 3.73. The van der Waals surface area contributed by atoms with Crippen LogP contribution >= 0.6 is 69.6 Å². The molecule has 12 heteroatoms. The van der Waals surface area contributed by atoms with E-state index in [1.54, 1.807) is 12.1 Å². The quantitative estimate of drug-likeness (QED) is 0.499. The molecule has 0 heterocycles. The molecule has 1 saturated carbocycles. The summed E-state index contributed by atoms with van der Waals surface area (Å²) >= 11 is 38.1. The van der Waals surface area contributed by atoms with Crippen molar-refractivity contribution in [3.8, 4) is 0 Å². The molecule has 29 heavy (non-hydrogen) atoms. The standard InChI is InChI=1S/C17H12Cl6N2O4/c1-6(26)24-7-3-2-4-8(5-7)25-13(27)9-10(14(28)29)16(21)12(19)11(18)15(9,20)17(16,22)23/h2-5,9-10H,1H3,(H,24,26)(H,25,27)(H,28,29). The van der Waals surface area contributed by atoms with E-state index in [9.17, 15) is 19.5 Å². The minimum Gasteiger partial charge on any atom is -0.481 e. The van der Waals surface area contributed by atoms with Crippen LogP contribution in [0.15, 0.2) is 34.3 Å². The van der Waals surface area contributed by atoms with Crippen molar-refractivity contribution in [1.82, 2.24) is 0 Å². The lowest BCUT2D eigenvalue weighted by atomic mass is 9.81. The molecular formula is C17H12Cl6N2O4. The lowest BCUT2D eigenvalue weighted by Crippen LogP contribution is -2.47. The number of allylic oxidation sites excluding steroid dienone is 2. The molecule has 1 aromatic rings. The van der Waals surface area contributed by atoms with Crippen LogP contribution in [0, 0.1) is 11.8 Å². The summed E-state index contributed by atoms with van der Waals surface area (Å²) in [4.78, 5) is 32.1. The zero-order valence-electron chi connectivity index (χ0n) is 14.4. The van der Waals surface area contributed by atoms with Gasteiger partial charge in [-0.05, 0) is 18.2 Å². The number of carbonyl (C=O) groups is 3. The average molecular weight is 521 g/mol. The van der Waals surface area contributed by atoms with Crippen molar-refractivity contribution in [3.63, 3.8) is 0 Å². The zero-order valence-corrected chi connectivity index (χ0v) is 18.9. The molecule has 2 aliphatic carbocycles. The van der Waals surface area contributed by atoms with Gasteiger partial charge in [0.2, 0.25) is 11.8 Å². The molecule has 1 fully saturated rings. The van der Waals surface area contributed by atoms with Crippen molar-refractivity contribution in [2.75, 3.05) is 10.6 Å². The zero-order chi connectivity index (χ0) is 21.9. The molecular weight excluding hydrogens is 509 g/mol. The van der Waals surface area contributed by atoms with Gasteiger partial charge >= 0.3 is 5.97 Å². The van der Waals surface area contributed by atoms with Crippen LogP contribution in [0.1, 0.15) is 6.92 Å². The number of rotatable bonds is 4. The summed E-state index contributed by atoms with van der Waals surface area (Å²) in [7, 11) is 0. The van der Waals surface area contributed by atoms with E-state index in [2.05, 4.69) is 10.6 Å². The van der Waals surface area contributed by atoms with Crippen LogP contribution in [0.3, 0.4) is 0 Å². The van der Waals surface area contributed by atoms with Crippen LogP contribution in [-0.4, -0.2) is 37.0 Å². The number of benzene rings is 1. The van der Waals surface area contributed by atoms with Crippen molar-refractivity contribution in [3.05, 3.63) is 34.3 Å². The number of hydrogen-bond acceptors (Lipinski definition) is 3. The largest absolute Gasteiger partial charge is 0.481 e. The Morgan fingerprint density at radius 3 is 1.90 bits per heavy atom. The maximum atomic E-state index is 13.1. The molecule has 6 nitrogen and oxygen atoms in total. The summed E-state index contributed by atoms with van der Waals surface area (Å²) in [6, 6.07) is 6.18. The second-order valence-electron chi connectivity index (χ2n) is 6.67. The maximum Gasteiger partial charge on any atom is 0.309 e. The summed E-state index contributed by atoms with van der Waals surface area (Å²) in [6.45, 7) is 1.33. The molecule has 3 rings (SSSR count). The molecule has 4 atom stereocenters. The summed E-state index contributed by atoms with van der Waals surface area (Å²) in [6.07, 6.45) is 0. The highest BCUT2D eigenvalue weighted by molar-refractivity contribution is 6.66. The second kappa shape index (κ2) is 7.36. The molecule has 156 valence electrons. The predicted octanol–water partition coefficient (Wildman–Crippen LogP) is 4.75. The van der Waals surface area contributed by atoms with Crippen LogP contribution in [0.5, 0.6) is 0 Å². The van der Waals surface area contributed by atoms with Gasteiger partial charge in [0, 0.05) is 18.3 Å². The average Bonchev–Trinajstić information content (AvgIpc) is 2.81. The van der Waals surface area contributed by atoms with Crippen LogP contribution in [0.2, 0.25) is 0 Å². The molecule has 2 bridgehead atoms. The third-order valence-corrected chi connectivity index (χ3v) is 9.19. The molecule has 1 aromatic carbocycles. The minimum atomic E-state index is -2.18. The van der Waals surface area contributed by atoms with Gasteiger partial charge in [-0.25, -0.2) is 0 Å². The van der Waals surface area contributed by atoms with Gasteiger partial charge in [-0.2, -0.15) is 0 Å². The van der Waals surface area contributed by atoms with Crippen molar-refractivity contribution in [2.45, 2.75) is 21.0 Å². The SMILES string of the molecule is CC(=O)Nc1cccc(NC(=O)C2C(C(=O)O)C3(Cl)C(Cl)=C(Cl)C2(Cl)C3(Cl)Cl)c1. The smallest absolute Gasteiger partial charge is 0.309 e. The first kappa shape index (κ1) is 22.8. The Labute approximate surface area is 195 Å². The number of alkyl halides is 4. The molecule has 0 radical (unpaired) electrons. The monoisotopic (exact) mass is 518 g/mol. The van der Waals surface area contributed by atoms with E-state index in [4.69, 9.17) is 69.6 Å². The number of carbonyl (C=O) groups excluding carboxylic acids is 2. The number of amides is 2. The molecule has 0 aliphatic heterocycles. The fourth-order valence-corrected chi connectivity index (χ4v) is 6.66. The van der Waals surface area contributed by atoms with Gasteiger partial charge in [-0.1, -0.05) is 52.5 Å². The molecule has 3 N–H and O–H groups in total. The van der Waals surface area contributed by atoms with Crippen LogP contribution in [0.4, 0.5) is 11.4 Å². The third kappa shape index (κ3) is 3.03. The Bertz CT molecular complexity index is 967. The third-order valence-electron chi connectivity index (χ3n) is 4.93. The summed E-state index contributed by atoms with van der Waals surface area (Å²) < 4.78 is -2.18. The van der Waals surface area contributed by atoms with E-state index in [1.807, 2.05) is 0 Å². The molecule has 0 spiro atoms. The maximum absolute atomic E-state index is 13.1. The predicted molar refractivity (Wildman–Crippen MR) is 114 cm³/mol. The molecule has 2 aliphatic rings. The van der Waals surface area contributed by atoms with Crippen molar-refractivity contribution < 1.29 is 19.5 Å². The van der Waals surface area contributed by atoms with Gasteiger partial charge in [0.1, 0.15) is 9.75 Å².